The summed E-state index contributed by atoms with van der Waals surface area (Å²) in [6.07, 6.45) is 37.6. The monoisotopic (exact) mass is 752 g/mol. The van der Waals surface area contributed by atoms with Crippen molar-refractivity contribution in [2.24, 2.45) is 11.8 Å². The van der Waals surface area contributed by atoms with Crippen LogP contribution < -0.4 is 0 Å². The van der Waals surface area contributed by atoms with E-state index in [2.05, 4.69) is 48.6 Å². The number of carbonyl (C=O) groups is 2. The van der Waals surface area contributed by atoms with Crippen LogP contribution in [0.15, 0.2) is 0 Å². The number of rotatable bonds is 41. The summed E-state index contributed by atoms with van der Waals surface area (Å²) in [5.41, 5.74) is 0. The molecule has 0 saturated carbocycles. The zero-order valence-electron chi connectivity index (χ0n) is 36.8. The lowest BCUT2D eigenvalue weighted by atomic mass is 9.93. The molecule has 0 aliphatic heterocycles. The van der Waals surface area contributed by atoms with E-state index in [1.807, 2.05) is 5.06 Å². The fourth-order valence-electron chi connectivity index (χ4n) is 7.32. The van der Waals surface area contributed by atoms with Crippen molar-refractivity contribution in [3.63, 3.8) is 0 Å². The molecule has 0 aromatic rings. The molecule has 0 fully saturated rings. The third-order valence-electron chi connectivity index (χ3n) is 11.3. The third-order valence-corrected chi connectivity index (χ3v) is 11.3. The third kappa shape index (κ3) is 35.0. The molecular weight excluding hydrogens is 659 g/mol. The maximum absolute atomic E-state index is 12.2. The summed E-state index contributed by atoms with van der Waals surface area (Å²) in [5.74, 6) is 1.44. The summed E-state index contributed by atoms with van der Waals surface area (Å²) in [7, 11) is 2.07. The summed E-state index contributed by atoms with van der Waals surface area (Å²) in [6.45, 7) is 14.6. The molecule has 0 spiro atoms. The van der Waals surface area contributed by atoms with E-state index in [4.69, 9.17) is 14.3 Å². The molecule has 6 nitrogen and oxygen atoms in total. The topological polar surface area (TPSA) is 65.1 Å². The molecule has 0 aliphatic rings. The van der Waals surface area contributed by atoms with Crippen LogP contribution in [0.1, 0.15) is 247 Å². The van der Waals surface area contributed by atoms with Crippen molar-refractivity contribution in [3.05, 3.63) is 0 Å². The van der Waals surface area contributed by atoms with Crippen LogP contribution in [0.25, 0.3) is 0 Å². The van der Waals surface area contributed by atoms with Gasteiger partial charge in [-0.1, -0.05) is 182 Å². The van der Waals surface area contributed by atoms with Gasteiger partial charge < -0.3 is 9.47 Å². The number of hydroxylamine groups is 2. The van der Waals surface area contributed by atoms with Crippen LogP contribution in [0.3, 0.4) is 0 Å². The molecule has 53 heavy (non-hydrogen) atoms. The van der Waals surface area contributed by atoms with Gasteiger partial charge in [-0.05, 0) is 64.2 Å². The molecule has 0 aliphatic carbocycles. The molecule has 0 rings (SSSR count). The number of esters is 2. The van der Waals surface area contributed by atoms with Gasteiger partial charge in [0.2, 0.25) is 0 Å². The first kappa shape index (κ1) is 51.9. The van der Waals surface area contributed by atoms with Crippen molar-refractivity contribution < 1.29 is 23.9 Å². The van der Waals surface area contributed by atoms with Gasteiger partial charge in [-0.2, -0.15) is 5.06 Å². The zero-order chi connectivity index (χ0) is 39.2. The lowest BCUT2D eigenvalue weighted by molar-refractivity contribution is -0.202. The van der Waals surface area contributed by atoms with E-state index in [0.717, 1.165) is 63.2 Å². The van der Waals surface area contributed by atoms with Crippen molar-refractivity contribution in [2.45, 2.75) is 259 Å². The average Bonchev–Trinajstić information content (AvgIpc) is 3.14. The van der Waals surface area contributed by atoms with Crippen molar-refractivity contribution in [3.8, 4) is 0 Å². The predicted octanol–water partition coefficient (Wildman–Crippen LogP) is 14.5. The van der Waals surface area contributed by atoms with Gasteiger partial charge in [0, 0.05) is 25.9 Å². The van der Waals surface area contributed by atoms with Gasteiger partial charge in [0.15, 0.2) is 0 Å². The first-order chi connectivity index (χ1) is 25.8. The van der Waals surface area contributed by atoms with E-state index in [-0.39, 0.29) is 11.9 Å². The number of hydrogen-bond acceptors (Lipinski definition) is 6. The molecule has 0 bridgehead atoms. The van der Waals surface area contributed by atoms with Gasteiger partial charge in [0.25, 0.3) is 0 Å². The molecule has 0 heterocycles. The minimum atomic E-state index is 0.000293. The number of hydrogen-bond donors (Lipinski definition) is 0. The molecular formula is C47H93NO5. The van der Waals surface area contributed by atoms with E-state index < -0.39 is 0 Å². The van der Waals surface area contributed by atoms with E-state index in [0.29, 0.717) is 38.2 Å². The Hall–Kier alpha value is -1.14. The SMILES string of the molecule is CCCCC(CCCC)CCOC(=O)CCCCCCCCCC(CCCCCCCCCC(=O)OCCC(CCCC)CCCC)ON(C)C(C)C. The van der Waals surface area contributed by atoms with Gasteiger partial charge in [-0.15, -0.1) is 0 Å². The highest BCUT2D eigenvalue weighted by atomic mass is 16.7. The quantitative estimate of drug-likeness (QED) is 0.0352. The Kier molecular flexibility index (Phi) is 38.3. The Bertz CT molecular complexity index is 717. The second kappa shape index (κ2) is 39.1. The first-order valence-corrected chi connectivity index (χ1v) is 23.5. The summed E-state index contributed by atoms with van der Waals surface area (Å²) >= 11 is 0. The highest BCUT2D eigenvalue weighted by Gasteiger charge is 2.15. The van der Waals surface area contributed by atoms with Crippen LogP contribution in [-0.4, -0.2) is 49.4 Å². The van der Waals surface area contributed by atoms with Crippen molar-refractivity contribution >= 4 is 11.9 Å². The minimum Gasteiger partial charge on any atom is -0.466 e. The second-order valence-corrected chi connectivity index (χ2v) is 16.7. The van der Waals surface area contributed by atoms with Gasteiger partial charge in [-0.3, -0.25) is 14.4 Å². The van der Waals surface area contributed by atoms with Gasteiger partial charge in [-0.25, -0.2) is 0 Å². The van der Waals surface area contributed by atoms with E-state index >= 15 is 0 Å². The summed E-state index contributed by atoms with van der Waals surface area (Å²) in [6, 6.07) is 0.383. The fourth-order valence-corrected chi connectivity index (χ4v) is 7.32. The van der Waals surface area contributed by atoms with Gasteiger partial charge in [0.1, 0.15) is 0 Å². The van der Waals surface area contributed by atoms with Crippen molar-refractivity contribution in [2.75, 3.05) is 20.3 Å². The lowest BCUT2D eigenvalue weighted by Crippen LogP contribution is -2.32. The maximum atomic E-state index is 12.2. The van der Waals surface area contributed by atoms with Crippen molar-refractivity contribution in [1.29, 1.82) is 0 Å². The average molecular weight is 752 g/mol. The molecule has 6 heteroatoms. The van der Waals surface area contributed by atoms with Crippen molar-refractivity contribution in [1.82, 2.24) is 5.06 Å². The van der Waals surface area contributed by atoms with Crippen LogP contribution in [0.4, 0.5) is 0 Å². The highest BCUT2D eigenvalue weighted by Crippen LogP contribution is 2.22. The Morgan fingerprint density at radius 1 is 0.434 bits per heavy atom. The minimum absolute atomic E-state index is 0.000293. The van der Waals surface area contributed by atoms with Gasteiger partial charge >= 0.3 is 11.9 Å². The van der Waals surface area contributed by atoms with Crippen LogP contribution in [-0.2, 0) is 23.9 Å². The molecule has 0 aromatic heterocycles. The molecule has 0 N–H and O–H groups in total. The standard InChI is InChI=1S/C47H93NO5/c1-8-12-30-43(31-13-9-2)38-40-51-46(49)36-28-24-20-16-18-22-26-34-45(53-48(7)42(5)6)35-27-23-19-17-21-25-29-37-47(50)52-41-39-44(32-14-10-3)33-15-11-4/h42-45H,8-41H2,1-7H3. The highest BCUT2D eigenvalue weighted by molar-refractivity contribution is 5.69. The number of unbranched alkanes of at least 4 members (excludes halogenated alkanes) is 16. The number of nitrogens with zero attached hydrogens (tertiary/aromatic N) is 1. The number of ether oxygens (including phenoxy) is 2. The molecule has 0 atom stereocenters. The van der Waals surface area contributed by atoms with E-state index in [1.165, 1.54) is 141 Å². The smallest absolute Gasteiger partial charge is 0.305 e. The Labute approximate surface area is 331 Å². The molecule has 316 valence electrons. The van der Waals surface area contributed by atoms with Crippen LogP contribution in [0.5, 0.6) is 0 Å². The molecule has 0 unspecified atom stereocenters. The molecule has 0 saturated heterocycles. The summed E-state index contributed by atoms with van der Waals surface area (Å²) in [5, 5.41) is 2.04. The Morgan fingerprint density at radius 3 is 1.08 bits per heavy atom. The van der Waals surface area contributed by atoms with Crippen LogP contribution >= 0.6 is 0 Å². The number of carbonyl (C=O) groups excluding carboxylic acids is 2. The maximum Gasteiger partial charge on any atom is 0.305 e. The first-order valence-electron chi connectivity index (χ1n) is 23.5. The summed E-state index contributed by atoms with van der Waals surface area (Å²) in [4.78, 5) is 30.8. The molecule has 0 amide bonds. The Morgan fingerprint density at radius 2 is 0.755 bits per heavy atom. The zero-order valence-corrected chi connectivity index (χ0v) is 36.8. The summed E-state index contributed by atoms with van der Waals surface area (Å²) < 4.78 is 11.2. The van der Waals surface area contributed by atoms with Gasteiger partial charge in [0.05, 0.1) is 19.3 Å². The molecule has 0 aromatic carbocycles. The predicted molar refractivity (Wildman–Crippen MR) is 227 cm³/mol. The van der Waals surface area contributed by atoms with E-state index in [1.54, 1.807) is 0 Å². The normalized spacial score (nSPS) is 11.9. The van der Waals surface area contributed by atoms with E-state index in [9.17, 15) is 9.59 Å². The lowest BCUT2D eigenvalue weighted by Gasteiger charge is -2.27. The van der Waals surface area contributed by atoms with Crippen LogP contribution in [0, 0.1) is 11.8 Å². The fraction of sp³-hybridized carbons (Fsp3) is 0.957. The van der Waals surface area contributed by atoms with Crippen LogP contribution in [0.2, 0.25) is 0 Å². The second-order valence-electron chi connectivity index (χ2n) is 16.7. The Balaban J connectivity index is 3.99. The molecule has 0 radical (unpaired) electrons. The largest absolute Gasteiger partial charge is 0.466 e.